The van der Waals surface area contributed by atoms with Crippen LogP contribution in [0.25, 0.3) is 0 Å². The molecule has 1 saturated heterocycles. The molecule has 7 rings (SSSR count). The number of benzene rings is 2. The number of amides is 2. The zero-order valence-electron chi connectivity index (χ0n) is 25.9. The number of aryl methyl sites for hydroxylation is 1. The Hall–Kier alpha value is -2.64. The summed E-state index contributed by atoms with van der Waals surface area (Å²) in [7, 11) is -0.500. The van der Waals surface area contributed by atoms with Crippen LogP contribution in [0.15, 0.2) is 54.6 Å². The molecule has 7 atom stereocenters. The van der Waals surface area contributed by atoms with Gasteiger partial charge >= 0.3 is 7.12 Å². The Morgan fingerprint density at radius 3 is 2.48 bits per heavy atom. The Morgan fingerprint density at radius 1 is 1.00 bits per heavy atom. The van der Waals surface area contributed by atoms with Crippen molar-refractivity contribution >= 4 is 18.9 Å². The van der Waals surface area contributed by atoms with Crippen LogP contribution in [0.4, 0.5) is 0 Å². The minimum absolute atomic E-state index is 0.0528. The van der Waals surface area contributed by atoms with Gasteiger partial charge in [0.25, 0.3) is 0 Å². The SMILES string of the molecule is CC(C)C[C@H](NC(=O)[C@H](Cc1ccccc1)NC(=O)[C@H]1CCCc2ccccc21)B1O[C@@H]2C[C@@H]3C[C@@H](C3(C)C)[C@]2(C)O1. The molecule has 2 N–H and O–H groups in total. The molecule has 5 aliphatic rings. The van der Waals surface area contributed by atoms with Gasteiger partial charge in [-0.25, -0.2) is 0 Å². The highest BCUT2D eigenvalue weighted by atomic mass is 16.7. The van der Waals surface area contributed by atoms with Gasteiger partial charge in [-0.2, -0.15) is 0 Å². The number of fused-ring (bicyclic) bond motifs is 1. The Labute approximate surface area is 251 Å². The molecule has 4 fully saturated rings. The monoisotopic (exact) mass is 570 g/mol. The molecule has 3 saturated carbocycles. The van der Waals surface area contributed by atoms with Gasteiger partial charge in [-0.05, 0) is 85.3 Å². The molecule has 2 amide bonds. The van der Waals surface area contributed by atoms with E-state index in [9.17, 15) is 9.59 Å². The molecule has 224 valence electrons. The van der Waals surface area contributed by atoms with E-state index in [1.54, 1.807) is 0 Å². The molecule has 0 aromatic heterocycles. The van der Waals surface area contributed by atoms with Crippen LogP contribution in [-0.2, 0) is 31.7 Å². The third kappa shape index (κ3) is 5.43. The summed E-state index contributed by atoms with van der Waals surface area (Å²) in [5, 5.41) is 6.48. The minimum atomic E-state index is -0.699. The van der Waals surface area contributed by atoms with Crippen LogP contribution in [0.3, 0.4) is 0 Å². The maximum atomic E-state index is 14.1. The van der Waals surface area contributed by atoms with E-state index in [0.717, 1.165) is 43.2 Å². The second-order valence-electron chi connectivity index (χ2n) is 14.5. The van der Waals surface area contributed by atoms with Crippen molar-refractivity contribution in [3.05, 3.63) is 71.3 Å². The predicted molar refractivity (Wildman–Crippen MR) is 166 cm³/mol. The molecular formula is C35H47BN2O4. The second kappa shape index (κ2) is 11.5. The zero-order chi connectivity index (χ0) is 29.6. The lowest BCUT2D eigenvalue weighted by Gasteiger charge is -2.64. The molecule has 42 heavy (non-hydrogen) atoms. The van der Waals surface area contributed by atoms with Crippen LogP contribution in [0.5, 0.6) is 0 Å². The molecule has 2 bridgehead atoms. The van der Waals surface area contributed by atoms with E-state index < -0.39 is 13.2 Å². The molecule has 0 unspecified atom stereocenters. The summed E-state index contributed by atoms with van der Waals surface area (Å²) in [6, 6.07) is 17.4. The van der Waals surface area contributed by atoms with Crippen LogP contribution >= 0.6 is 0 Å². The molecule has 0 radical (unpaired) electrons. The van der Waals surface area contributed by atoms with Gasteiger partial charge in [0, 0.05) is 6.42 Å². The van der Waals surface area contributed by atoms with Crippen LogP contribution in [0, 0.1) is 23.2 Å². The predicted octanol–water partition coefficient (Wildman–Crippen LogP) is 5.63. The maximum Gasteiger partial charge on any atom is 0.481 e. The fourth-order valence-corrected chi connectivity index (χ4v) is 8.46. The van der Waals surface area contributed by atoms with Crippen LogP contribution in [-0.4, -0.2) is 42.6 Å². The molecule has 1 aliphatic heterocycles. The summed E-state index contributed by atoms with van der Waals surface area (Å²) < 4.78 is 13.4. The zero-order valence-corrected chi connectivity index (χ0v) is 25.9. The van der Waals surface area contributed by atoms with Gasteiger partial charge in [-0.3, -0.25) is 9.59 Å². The molecule has 6 nitrogen and oxygen atoms in total. The lowest BCUT2D eigenvalue weighted by atomic mass is 9.43. The maximum absolute atomic E-state index is 14.1. The number of carbonyl (C=O) groups excluding carboxylic acids is 2. The molecule has 2 aromatic rings. The van der Waals surface area contributed by atoms with Crippen molar-refractivity contribution in [3.63, 3.8) is 0 Å². The van der Waals surface area contributed by atoms with Gasteiger partial charge < -0.3 is 19.9 Å². The third-order valence-corrected chi connectivity index (χ3v) is 11.0. The molecule has 4 aliphatic carbocycles. The number of hydrogen-bond donors (Lipinski definition) is 2. The van der Waals surface area contributed by atoms with E-state index in [2.05, 4.69) is 57.4 Å². The summed E-state index contributed by atoms with van der Waals surface area (Å²) in [4.78, 5) is 27.9. The van der Waals surface area contributed by atoms with Gasteiger partial charge in [-0.15, -0.1) is 0 Å². The van der Waals surface area contributed by atoms with Crippen molar-refractivity contribution in [1.82, 2.24) is 10.6 Å². The van der Waals surface area contributed by atoms with Gasteiger partial charge in [0.2, 0.25) is 11.8 Å². The first-order chi connectivity index (χ1) is 20.1. The number of rotatable bonds is 9. The topological polar surface area (TPSA) is 76.7 Å². The summed E-state index contributed by atoms with van der Waals surface area (Å²) in [5.41, 5.74) is 3.24. The van der Waals surface area contributed by atoms with E-state index in [0.29, 0.717) is 24.2 Å². The highest BCUT2D eigenvalue weighted by Gasteiger charge is 2.68. The van der Waals surface area contributed by atoms with Crippen molar-refractivity contribution in [2.24, 2.45) is 23.2 Å². The second-order valence-corrected chi connectivity index (χ2v) is 14.5. The van der Waals surface area contributed by atoms with Crippen molar-refractivity contribution in [1.29, 1.82) is 0 Å². The quantitative estimate of drug-likeness (QED) is 0.383. The number of nitrogens with one attached hydrogen (secondary N) is 2. The van der Waals surface area contributed by atoms with E-state index in [-0.39, 0.29) is 40.8 Å². The first-order valence-electron chi connectivity index (χ1n) is 16.1. The minimum Gasteiger partial charge on any atom is -0.404 e. The van der Waals surface area contributed by atoms with E-state index in [4.69, 9.17) is 9.31 Å². The highest BCUT2D eigenvalue weighted by Crippen LogP contribution is 2.65. The third-order valence-electron chi connectivity index (χ3n) is 11.0. The summed E-state index contributed by atoms with van der Waals surface area (Å²) in [5.74, 6) is 0.655. The van der Waals surface area contributed by atoms with Gasteiger partial charge in [-0.1, -0.05) is 82.3 Å². The summed E-state index contributed by atoms with van der Waals surface area (Å²) in [6.45, 7) is 11.3. The van der Waals surface area contributed by atoms with Crippen LogP contribution in [0.2, 0.25) is 0 Å². The highest BCUT2D eigenvalue weighted by molar-refractivity contribution is 6.48. The first-order valence-corrected chi connectivity index (χ1v) is 16.1. The standard InChI is InChI=1S/C35H47BN2O4/c1-22(2)18-31(36-41-30-21-25-20-29(34(25,3)4)35(30,5)42-36)38-33(40)28(19-23-12-7-6-8-13-23)37-32(39)27-17-11-15-24-14-9-10-16-26(24)27/h6-10,12-14,16,22,25,27-31H,11,15,17-21H2,1-5H3,(H,37,39)(H,38,40)/t25-,27-,28-,29-,30+,31-,35-/m0/s1. The van der Waals surface area contributed by atoms with E-state index in [1.165, 1.54) is 12.0 Å². The summed E-state index contributed by atoms with van der Waals surface area (Å²) in [6.07, 6.45) is 6.16. The fourth-order valence-electron chi connectivity index (χ4n) is 8.46. The van der Waals surface area contributed by atoms with Gasteiger partial charge in [0.05, 0.1) is 23.6 Å². The number of hydrogen-bond acceptors (Lipinski definition) is 4. The van der Waals surface area contributed by atoms with Gasteiger partial charge in [0.15, 0.2) is 0 Å². The van der Waals surface area contributed by atoms with Gasteiger partial charge in [0.1, 0.15) is 6.04 Å². The number of carbonyl (C=O) groups is 2. The fraction of sp³-hybridized carbons (Fsp3) is 0.600. The lowest BCUT2D eigenvalue weighted by molar-refractivity contribution is -0.199. The Kier molecular flexibility index (Phi) is 8.03. The Bertz CT molecular complexity index is 1300. The summed E-state index contributed by atoms with van der Waals surface area (Å²) >= 11 is 0. The molecular weight excluding hydrogens is 523 g/mol. The van der Waals surface area contributed by atoms with Crippen LogP contribution < -0.4 is 10.6 Å². The molecule has 0 spiro atoms. The van der Waals surface area contributed by atoms with Crippen molar-refractivity contribution in [2.75, 3.05) is 0 Å². The normalized spacial score (nSPS) is 30.5. The smallest absolute Gasteiger partial charge is 0.404 e. The van der Waals surface area contributed by atoms with Crippen LogP contribution in [0.1, 0.15) is 89.3 Å². The Morgan fingerprint density at radius 2 is 1.74 bits per heavy atom. The molecule has 2 aromatic carbocycles. The average Bonchev–Trinajstić information content (AvgIpc) is 3.33. The van der Waals surface area contributed by atoms with Crippen molar-refractivity contribution in [3.8, 4) is 0 Å². The molecule has 7 heteroatoms. The Balaban J connectivity index is 1.21. The van der Waals surface area contributed by atoms with E-state index >= 15 is 0 Å². The largest absolute Gasteiger partial charge is 0.481 e. The van der Waals surface area contributed by atoms with Crippen molar-refractivity contribution in [2.45, 2.75) is 109 Å². The van der Waals surface area contributed by atoms with E-state index in [1.807, 2.05) is 42.5 Å². The lowest BCUT2D eigenvalue weighted by Crippen LogP contribution is -2.65. The average molecular weight is 571 g/mol. The molecule has 1 heterocycles. The van der Waals surface area contributed by atoms with Crippen molar-refractivity contribution < 1.29 is 18.9 Å². The first kappa shape index (κ1) is 29.4.